The van der Waals surface area contributed by atoms with Crippen LogP contribution in [0.5, 0.6) is 0 Å². The van der Waals surface area contributed by atoms with E-state index in [1.54, 1.807) is 11.9 Å². The second-order valence-electron chi connectivity index (χ2n) is 3.33. The average molecular weight is 229 g/mol. The Morgan fingerprint density at radius 2 is 1.93 bits per heavy atom. The number of nitrogens with zero attached hydrogens (tertiary/aromatic N) is 3. The minimum Gasteiger partial charge on any atom is -0.368 e. The highest BCUT2D eigenvalue weighted by atomic mass is 35.5. The average Bonchev–Trinajstić information content (AvgIpc) is 2.09. The normalized spacial score (nSPS) is 10.1. The van der Waals surface area contributed by atoms with Crippen molar-refractivity contribution in [3.05, 3.63) is 16.5 Å². The molecule has 0 aliphatic carbocycles. The number of amides is 1. The molecule has 0 aliphatic heterocycles. The number of anilines is 1. The van der Waals surface area contributed by atoms with Gasteiger partial charge in [-0.2, -0.15) is 0 Å². The molecule has 0 saturated carbocycles. The molecular formula is C9H13ClN4O. The number of carbonyl (C=O) groups is 1. The summed E-state index contributed by atoms with van der Waals surface area (Å²) in [5, 5.41) is 0.279. The first-order valence-electron chi connectivity index (χ1n) is 4.42. The second kappa shape index (κ2) is 4.44. The van der Waals surface area contributed by atoms with Crippen LogP contribution in [0, 0.1) is 13.8 Å². The quantitative estimate of drug-likeness (QED) is 0.825. The summed E-state index contributed by atoms with van der Waals surface area (Å²) in [5.41, 5.74) is 6.63. The summed E-state index contributed by atoms with van der Waals surface area (Å²) in [5.74, 6) is 0.0344. The van der Waals surface area contributed by atoms with Gasteiger partial charge in [0.25, 0.3) is 0 Å². The Kier molecular flexibility index (Phi) is 3.47. The first-order valence-corrected chi connectivity index (χ1v) is 4.79. The van der Waals surface area contributed by atoms with E-state index in [1.165, 1.54) is 0 Å². The molecule has 0 spiro atoms. The Bertz CT molecular complexity index is 394. The summed E-state index contributed by atoms with van der Waals surface area (Å²) in [6.07, 6.45) is 0. The maximum absolute atomic E-state index is 10.7. The fourth-order valence-corrected chi connectivity index (χ4v) is 1.43. The lowest BCUT2D eigenvalue weighted by atomic mass is 10.3. The minimum atomic E-state index is -0.436. The van der Waals surface area contributed by atoms with E-state index in [1.807, 2.05) is 13.8 Å². The second-order valence-corrected chi connectivity index (χ2v) is 3.69. The van der Waals surface area contributed by atoms with Crippen LogP contribution in [0.3, 0.4) is 0 Å². The van der Waals surface area contributed by atoms with Gasteiger partial charge in [0.1, 0.15) is 0 Å². The van der Waals surface area contributed by atoms with Crippen LogP contribution >= 0.6 is 11.6 Å². The van der Waals surface area contributed by atoms with Gasteiger partial charge in [-0.05, 0) is 13.8 Å². The molecular weight excluding hydrogens is 216 g/mol. The van der Waals surface area contributed by atoms with Gasteiger partial charge in [0, 0.05) is 7.05 Å². The number of aryl methyl sites for hydroxylation is 2. The topological polar surface area (TPSA) is 72.1 Å². The van der Waals surface area contributed by atoms with Gasteiger partial charge in [0.15, 0.2) is 11.0 Å². The Labute approximate surface area is 93.3 Å². The predicted octanol–water partition coefficient (Wildman–Crippen LogP) is 0.668. The zero-order valence-corrected chi connectivity index (χ0v) is 9.67. The van der Waals surface area contributed by atoms with Gasteiger partial charge < -0.3 is 10.6 Å². The first kappa shape index (κ1) is 11.7. The molecule has 6 heteroatoms. The van der Waals surface area contributed by atoms with Crippen LogP contribution in [0.2, 0.25) is 5.15 Å². The number of rotatable bonds is 3. The number of halogens is 1. The Morgan fingerprint density at radius 1 is 1.40 bits per heavy atom. The first-order chi connectivity index (χ1) is 6.91. The van der Waals surface area contributed by atoms with Crippen molar-refractivity contribution in [2.45, 2.75) is 13.8 Å². The van der Waals surface area contributed by atoms with Crippen molar-refractivity contribution in [1.29, 1.82) is 0 Å². The van der Waals surface area contributed by atoms with Gasteiger partial charge in [0.05, 0.1) is 17.9 Å². The largest absolute Gasteiger partial charge is 0.368 e. The molecule has 1 aromatic heterocycles. The molecule has 0 radical (unpaired) electrons. The monoisotopic (exact) mass is 228 g/mol. The number of primary amides is 1. The zero-order valence-electron chi connectivity index (χ0n) is 8.91. The molecule has 1 heterocycles. The lowest BCUT2D eigenvalue weighted by Gasteiger charge is -2.17. The van der Waals surface area contributed by atoms with E-state index in [2.05, 4.69) is 9.97 Å². The van der Waals surface area contributed by atoms with Gasteiger partial charge in [-0.1, -0.05) is 11.6 Å². The molecule has 1 aromatic rings. The number of nitrogens with two attached hydrogens (primary N) is 1. The lowest BCUT2D eigenvalue weighted by molar-refractivity contribution is -0.116. The smallest absolute Gasteiger partial charge is 0.236 e. The van der Waals surface area contributed by atoms with E-state index < -0.39 is 5.91 Å². The maximum Gasteiger partial charge on any atom is 0.236 e. The lowest BCUT2D eigenvalue weighted by Crippen LogP contribution is -2.31. The number of hydrogen-bond acceptors (Lipinski definition) is 4. The fraction of sp³-hybridized carbons (Fsp3) is 0.444. The van der Waals surface area contributed by atoms with E-state index in [0.29, 0.717) is 5.82 Å². The fourth-order valence-electron chi connectivity index (χ4n) is 1.12. The molecule has 1 rings (SSSR count). The van der Waals surface area contributed by atoms with Crippen molar-refractivity contribution in [2.24, 2.45) is 5.73 Å². The third-order valence-corrected chi connectivity index (χ3v) is 2.26. The summed E-state index contributed by atoms with van der Waals surface area (Å²) < 4.78 is 0. The minimum absolute atomic E-state index is 0.0664. The third kappa shape index (κ3) is 2.79. The Morgan fingerprint density at radius 3 is 2.47 bits per heavy atom. The van der Waals surface area contributed by atoms with E-state index in [-0.39, 0.29) is 11.7 Å². The Balaban J connectivity index is 3.03. The van der Waals surface area contributed by atoms with E-state index in [9.17, 15) is 4.79 Å². The third-order valence-electron chi connectivity index (χ3n) is 2.00. The predicted molar refractivity (Wildman–Crippen MR) is 59.0 cm³/mol. The van der Waals surface area contributed by atoms with Crippen LogP contribution in [-0.4, -0.2) is 29.5 Å². The molecule has 0 unspecified atom stereocenters. The molecule has 2 N–H and O–H groups in total. The summed E-state index contributed by atoms with van der Waals surface area (Å²) in [6.45, 7) is 3.73. The van der Waals surface area contributed by atoms with Crippen molar-refractivity contribution in [2.75, 3.05) is 18.5 Å². The zero-order chi connectivity index (χ0) is 11.6. The molecule has 82 valence electrons. The highest BCUT2D eigenvalue weighted by Crippen LogP contribution is 2.21. The summed E-state index contributed by atoms with van der Waals surface area (Å²) in [6, 6.07) is 0. The number of carbonyl (C=O) groups excluding carboxylic acids is 1. The van der Waals surface area contributed by atoms with Gasteiger partial charge in [0.2, 0.25) is 5.91 Å². The van der Waals surface area contributed by atoms with Crippen LogP contribution in [0.15, 0.2) is 0 Å². The summed E-state index contributed by atoms with van der Waals surface area (Å²) >= 11 is 5.91. The van der Waals surface area contributed by atoms with Crippen LogP contribution in [0.1, 0.15) is 11.4 Å². The van der Waals surface area contributed by atoms with Crippen LogP contribution in [-0.2, 0) is 4.79 Å². The standard InChI is InChI=1S/C9H13ClN4O/c1-5-6(2)13-9(8(10)12-5)14(3)4-7(11)15/h4H2,1-3H3,(H2,11,15). The maximum atomic E-state index is 10.7. The molecule has 0 atom stereocenters. The van der Waals surface area contributed by atoms with Gasteiger partial charge in [-0.3, -0.25) is 4.79 Å². The van der Waals surface area contributed by atoms with Crippen LogP contribution in [0.25, 0.3) is 0 Å². The van der Waals surface area contributed by atoms with E-state index >= 15 is 0 Å². The van der Waals surface area contributed by atoms with Crippen molar-refractivity contribution >= 4 is 23.3 Å². The molecule has 0 bridgehead atoms. The SMILES string of the molecule is Cc1nc(Cl)c(N(C)CC(N)=O)nc1C. The van der Waals surface area contributed by atoms with Gasteiger partial charge in [-0.25, -0.2) is 9.97 Å². The highest BCUT2D eigenvalue weighted by molar-refractivity contribution is 6.31. The van der Waals surface area contributed by atoms with Crippen molar-refractivity contribution < 1.29 is 4.79 Å². The number of likely N-dealkylation sites (N-methyl/N-ethyl adjacent to an activating group) is 1. The summed E-state index contributed by atoms with van der Waals surface area (Å²) in [7, 11) is 1.69. The molecule has 5 nitrogen and oxygen atoms in total. The molecule has 15 heavy (non-hydrogen) atoms. The molecule has 0 aromatic carbocycles. The van der Waals surface area contributed by atoms with Gasteiger partial charge >= 0.3 is 0 Å². The molecule has 0 aliphatic rings. The number of aromatic nitrogens is 2. The van der Waals surface area contributed by atoms with Crippen molar-refractivity contribution in [3.63, 3.8) is 0 Å². The summed E-state index contributed by atoms with van der Waals surface area (Å²) in [4.78, 5) is 20.7. The van der Waals surface area contributed by atoms with Crippen LogP contribution in [0.4, 0.5) is 5.82 Å². The van der Waals surface area contributed by atoms with Crippen LogP contribution < -0.4 is 10.6 Å². The Hall–Kier alpha value is -1.36. The van der Waals surface area contributed by atoms with Crippen molar-refractivity contribution in [3.8, 4) is 0 Å². The van der Waals surface area contributed by atoms with Crippen molar-refractivity contribution in [1.82, 2.24) is 9.97 Å². The molecule has 1 amide bonds. The molecule has 0 saturated heterocycles. The van der Waals surface area contributed by atoms with Gasteiger partial charge in [-0.15, -0.1) is 0 Å². The van der Waals surface area contributed by atoms with E-state index in [0.717, 1.165) is 11.4 Å². The molecule has 0 fully saturated rings. The number of hydrogen-bond donors (Lipinski definition) is 1. The highest BCUT2D eigenvalue weighted by Gasteiger charge is 2.12. The van der Waals surface area contributed by atoms with E-state index in [4.69, 9.17) is 17.3 Å².